The highest BCUT2D eigenvalue weighted by Crippen LogP contribution is 2.14. The maximum absolute atomic E-state index is 12.7. The molecule has 8 nitrogen and oxygen atoms in total. The first-order valence-corrected chi connectivity index (χ1v) is 13.8. The number of benzene rings is 2. The van der Waals surface area contributed by atoms with Gasteiger partial charge in [0, 0.05) is 32.2 Å². The van der Waals surface area contributed by atoms with Gasteiger partial charge in [0.05, 0.1) is 12.2 Å². The summed E-state index contributed by atoms with van der Waals surface area (Å²) in [5.74, 6) is -0.714. The van der Waals surface area contributed by atoms with E-state index in [4.69, 9.17) is 10.5 Å². The number of rotatable bonds is 16. The standard InChI is InChI=1S/C26H39N3O5S/c1-3-15-29(16-4-2)35(32,33)17-14-26(31)34-25(20-28-19-22-8-6-5-7-9-22)24(27)18-21-10-12-23(30)13-11-21/h5-13,24-25,28,30H,3-4,14-20,27H2,1-2H3. The lowest BCUT2D eigenvalue weighted by Gasteiger charge is -2.25. The molecule has 2 atom stereocenters. The Kier molecular flexibility index (Phi) is 12.2. The number of carbonyl (C=O) groups excluding carboxylic acids is 1. The van der Waals surface area contributed by atoms with Crippen molar-refractivity contribution < 1.29 is 23.1 Å². The molecule has 0 saturated heterocycles. The second-order valence-electron chi connectivity index (χ2n) is 8.64. The van der Waals surface area contributed by atoms with Gasteiger partial charge in [0.2, 0.25) is 10.0 Å². The van der Waals surface area contributed by atoms with Crippen molar-refractivity contribution in [3.8, 4) is 5.75 Å². The molecule has 0 aliphatic carbocycles. The van der Waals surface area contributed by atoms with Gasteiger partial charge in [0.1, 0.15) is 11.9 Å². The topological polar surface area (TPSA) is 122 Å². The molecule has 0 fully saturated rings. The summed E-state index contributed by atoms with van der Waals surface area (Å²) in [6, 6.07) is 16.0. The number of carbonyl (C=O) groups is 1. The lowest BCUT2D eigenvalue weighted by atomic mass is 10.0. The van der Waals surface area contributed by atoms with Gasteiger partial charge in [-0.05, 0) is 42.5 Å². The molecule has 0 aliphatic rings. The van der Waals surface area contributed by atoms with Crippen LogP contribution in [0.5, 0.6) is 5.75 Å². The number of hydrogen-bond donors (Lipinski definition) is 3. The van der Waals surface area contributed by atoms with Crippen LogP contribution < -0.4 is 11.1 Å². The molecule has 0 saturated carbocycles. The number of sulfonamides is 1. The van der Waals surface area contributed by atoms with Crippen molar-refractivity contribution >= 4 is 16.0 Å². The lowest BCUT2D eigenvalue weighted by molar-refractivity contribution is -0.149. The Balaban J connectivity index is 2.00. The van der Waals surface area contributed by atoms with E-state index < -0.39 is 28.1 Å². The van der Waals surface area contributed by atoms with Crippen LogP contribution in [0.25, 0.3) is 0 Å². The van der Waals surface area contributed by atoms with Gasteiger partial charge in [-0.25, -0.2) is 12.7 Å². The molecule has 0 bridgehead atoms. The Morgan fingerprint density at radius 3 is 2.26 bits per heavy atom. The smallest absolute Gasteiger partial charge is 0.307 e. The SMILES string of the molecule is CCCN(CCC)S(=O)(=O)CCC(=O)OC(CNCc1ccccc1)C(N)Cc1ccc(O)cc1. The normalized spacial score (nSPS) is 13.5. The highest BCUT2D eigenvalue weighted by atomic mass is 32.2. The minimum absolute atomic E-state index is 0.163. The van der Waals surface area contributed by atoms with Crippen LogP contribution in [0.3, 0.4) is 0 Å². The first-order chi connectivity index (χ1) is 16.7. The number of esters is 1. The zero-order valence-electron chi connectivity index (χ0n) is 20.7. The Morgan fingerprint density at radius 1 is 1.03 bits per heavy atom. The Bertz CT molecular complexity index is 978. The molecule has 2 aromatic carbocycles. The molecule has 35 heavy (non-hydrogen) atoms. The molecule has 0 aromatic heterocycles. The van der Waals surface area contributed by atoms with Gasteiger partial charge < -0.3 is 20.9 Å². The van der Waals surface area contributed by atoms with Gasteiger partial charge in [-0.15, -0.1) is 0 Å². The summed E-state index contributed by atoms with van der Waals surface area (Å²) in [5.41, 5.74) is 8.40. The molecule has 0 amide bonds. The Hall–Kier alpha value is -2.46. The number of aromatic hydroxyl groups is 1. The van der Waals surface area contributed by atoms with Crippen LogP contribution in [0.2, 0.25) is 0 Å². The third kappa shape index (κ3) is 10.4. The lowest BCUT2D eigenvalue weighted by Crippen LogP contribution is -2.46. The molecule has 0 spiro atoms. The van der Waals surface area contributed by atoms with Crippen LogP contribution in [-0.2, 0) is 32.5 Å². The molecule has 2 unspecified atom stereocenters. The van der Waals surface area contributed by atoms with E-state index in [1.807, 2.05) is 44.2 Å². The van der Waals surface area contributed by atoms with Crippen molar-refractivity contribution in [2.24, 2.45) is 5.73 Å². The molecule has 2 aromatic rings. The number of phenolic OH excluding ortho intramolecular Hbond substituents is 1. The Labute approximate surface area is 209 Å². The fourth-order valence-corrected chi connectivity index (χ4v) is 5.33. The van der Waals surface area contributed by atoms with E-state index in [2.05, 4.69) is 5.32 Å². The molecule has 194 valence electrons. The molecule has 9 heteroatoms. The van der Waals surface area contributed by atoms with Crippen LogP contribution >= 0.6 is 0 Å². The fourth-order valence-electron chi connectivity index (χ4n) is 3.73. The maximum atomic E-state index is 12.7. The van der Waals surface area contributed by atoms with E-state index >= 15 is 0 Å². The number of nitrogens with one attached hydrogen (secondary N) is 1. The fraction of sp³-hybridized carbons (Fsp3) is 0.500. The third-order valence-electron chi connectivity index (χ3n) is 5.59. The zero-order valence-corrected chi connectivity index (χ0v) is 21.5. The molecule has 0 radical (unpaired) electrons. The minimum atomic E-state index is -3.54. The quantitative estimate of drug-likeness (QED) is 0.300. The number of nitrogens with two attached hydrogens (primary N) is 1. The van der Waals surface area contributed by atoms with Gasteiger partial charge in [-0.1, -0.05) is 56.3 Å². The largest absolute Gasteiger partial charge is 0.508 e. The van der Waals surface area contributed by atoms with Crippen LogP contribution in [0.15, 0.2) is 54.6 Å². The number of ether oxygens (including phenoxy) is 1. The van der Waals surface area contributed by atoms with Crippen LogP contribution in [-0.4, -0.2) is 61.3 Å². The minimum Gasteiger partial charge on any atom is -0.508 e. The molecule has 2 rings (SSSR count). The third-order valence-corrected chi connectivity index (χ3v) is 7.46. The second kappa shape index (κ2) is 14.8. The summed E-state index contributed by atoms with van der Waals surface area (Å²) in [4.78, 5) is 12.7. The van der Waals surface area contributed by atoms with Crippen molar-refractivity contribution in [1.82, 2.24) is 9.62 Å². The van der Waals surface area contributed by atoms with Crippen LogP contribution in [0.4, 0.5) is 0 Å². The Morgan fingerprint density at radius 2 is 1.66 bits per heavy atom. The summed E-state index contributed by atoms with van der Waals surface area (Å²) >= 11 is 0. The van der Waals surface area contributed by atoms with E-state index in [1.165, 1.54) is 4.31 Å². The van der Waals surface area contributed by atoms with E-state index in [1.54, 1.807) is 24.3 Å². The van der Waals surface area contributed by atoms with Crippen molar-refractivity contribution in [3.05, 3.63) is 65.7 Å². The first-order valence-electron chi connectivity index (χ1n) is 12.2. The molecule has 4 N–H and O–H groups in total. The number of hydrogen-bond acceptors (Lipinski definition) is 7. The predicted octanol–water partition coefficient (Wildman–Crippen LogP) is 2.81. The molecule has 0 heterocycles. The zero-order chi connectivity index (χ0) is 25.7. The highest BCUT2D eigenvalue weighted by Gasteiger charge is 2.26. The van der Waals surface area contributed by atoms with Crippen molar-refractivity contribution in [3.63, 3.8) is 0 Å². The summed E-state index contributed by atoms with van der Waals surface area (Å²) in [6.45, 7) is 5.63. The molecular formula is C26H39N3O5S. The van der Waals surface area contributed by atoms with Gasteiger partial charge in [0.15, 0.2) is 0 Å². The van der Waals surface area contributed by atoms with Gasteiger partial charge in [-0.3, -0.25) is 4.79 Å². The summed E-state index contributed by atoms with van der Waals surface area (Å²) in [6.07, 6.45) is 0.984. The molecular weight excluding hydrogens is 466 g/mol. The average Bonchev–Trinajstić information content (AvgIpc) is 2.84. The predicted molar refractivity (Wildman–Crippen MR) is 138 cm³/mol. The van der Waals surface area contributed by atoms with E-state index in [9.17, 15) is 18.3 Å². The van der Waals surface area contributed by atoms with E-state index in [0.29, 0.717) is 45.4 Å². The van der Waals surface area contributed by atoms with Gasteiger partial charge in [-0.2, -0.15) is 0 Å². The second-order valence-corrected chi connectivity index (χ2v) is 10.7. The summed E-state index contributed by atoms with van der Waals surface area (Å²) < 4.78 is 32.5. The first kappa shape index (κ1) is 28.8. The van der Waals surface area contributed by atoms with E-state index in [-0.39, 0.29) is 17.9 Å². The molecule has 0 aliphatic heterocycles. The summed E-state index contributed by atoms with van der Waals surface area (Å²) in [7, 11) is -3.54. The van der Waals surface area contributed by atoms with Crippen molar-refractivity contribution in [2.75, 3.05) is 25.4 Å². The van der Waals surface area contributed by atoms with Crippen LogP contribution in [0.1, 0.15) is 44.2 Å². The summed E-state index contributed by atoms with van der Waals surface area (Å²) in [5, 5.41) is 12.8. The maximum Gasteiger partial charge on any atom is 0.307 e. The monoisotopic (exact) mass is 505 g/mol. The van der Waals surface area contributed by atoms with E-state index in [0.717, 1.165) is 11.1 Å². The average molecular weight is 506 g/mol. The van der Waals surface area contributed by atoms with Gasteiger partial charge in [0.25, 0.3) is 0 Å². The van der Waals surface area contributed by atoms with Crippen LogP contribution in [0, 0.1) is 0 Å². The van der Waals surface area contributed by atoms with Gasteiger partial charge >= 0.3 is 5.97 Å². The van der Waals surface area contributed by atoms with Crippen molar-refractivity contribution in [1.29, 1.82) is 0 Å². The number of nitrogens with zero attached hydrogens (tertiary/aromatic N) is 1. The number of phenols is 1. The van der Waals surface area contributed by atoms with Crippen molar-refractivity contribution in [2.45, 2.75) is 58.2 Å². The highest BCUT2D eigenvalue weighted by molar-refractivity contribution is 7.89.